The van der Waals surface area contributed by atoms with Gasteiger partial charge in [-0.3, -0.25) is 0 Å². The van der Waals surface area contributed by atoms with Crippen molar-refractivity contribution in [3.63, 3.8) is 0 Å². The molecule has 0 heterocycles. The van der Waals surface area contributed by atoms with Crippen LogP contribution < -0.4 is 0 Å². The predicted octanol–water partition coefficient (Wildman–Crippen LogP) is 0.421. The molecule has 0 aliphatic rings. The third-order valence-electron chi connectivity index (χ3n) is 0.0630. The lowest BCUT2D eigenvalue weighted by atomic mass is 10.9. The number of rotatable bonds is 1. The fourth-order valence-corrected chi connectivity index (χ4v) is 0. The van der Waals surface area contributed by atoms with E-state index in [2.05, 4.69) is 0 Å². The summed E-state index contributed by atoms with van der Waals surface area (Å²) in [6.07, 6.45) is 0.640. The molecular formula is C6H15ClO3. The summed E-state index contributed by atoms with van der Waals surface area (Å²) in [5, 5.41) is 15.1. The topological polar surface area (TPSA) is 57.5 Å². The number of aliphatic hydroxyl groups excluding tert-OH is 2. The Kier molecular flexibility index (Phi) is 60.3. The van der Waals surface area contributed by atoms with E-state index in [1.165, 1.54) is 0 Å². The Morgan fingerprint density at radius 3 is 1.40 bits per heavy atom. The van der Waals surface area contributed by atoms with Gasteiger partial charge >= 0.3 is 0 Å². The molecule has 4 heteroatoms. The van der Waals surface area contributed by atoms with E-state index in [0.29, 0.717) is 6.29 Å². The van der Waals surface area contributed by atoms with Crippen LogP contribution in [0.1, 0.15) is 13.8 Å². The zero-order valence-corrected chi connectivity index (χ0v) is 7.14. The van der Waals surface area contributed by atoms with Gasteiger partial charge in [-0.2, -0.15) is 0 Å². The maximum Gasteiger partial charge on any atom is 0.134 e. The van der Waals surface area contributed by atoms with Crippen molar-refractivity contribution in [1.82, 2.24) is 0 Å². The van der Waals surface area contributed by atoms with Crippen LogP contribution in [0, 0.1) is 0 Å². The number of alkyl halides is 1. The fourth-order valence-electron chi connectivity index (χ4n) is 0. The Bertz CT molecular complexity index is 40.0. The van der Waals surface area contributed by atoms with Crippen LogP contribution in [0.4, 0.5) is 0 Å². The molecule has 0 spiro atoms. The number of carbonyl (C=O) groups is 1. The molecule has 10 heavy (non-hydrogen) atoms. The van der Waals surface area contributed by atoms with E-state index in [0.717, 1.165) is 0 Å². The lowest BCUT2D eigenvalue weighted by Gasteiger charge is -1.52. The molecule has 0 radical (unpaired) electrons. The highest BCUT2D eigenvalue weighted by atomic mass is 35.5. The molecule has 0 aliphatic carbocycles. The van der Waals surface area contributed by atoms with Crippen LogP contribution in [0.2, 0.25) is 0 Å². The summed E-state index contributed by atoms with van der Waals surface area (Å²) in [7, 11) is 0. The second-order valence-corrected chi connectivity index (χ2v) is 1.26. The zero-order valence-electron chi connectivity index (χ0n) is 6.38. The molecule has 0 amide bonds. The molecule has 0 atom stereocenters. The molecule has 3 nitrogen and oxygen atoms in total. The van der Waals surface area contributed by atoms with Crippen molar-refractivity contribution < 1.29 is 15.0 Å². The highest BCUT2D eigenvalue weighted by Crippen LogP contribution is 1.57. The first-order chi connectivity index (χ1) is 4.74. The summed E-state index contributed by atoms with van der Waals surface area (Å²) >= 11 is 4.82. The van der Waals surface area contributed by atoms with Crippen LogP contribution in [-0.2, 0) is 4.79 Å². The second kappa shape index (κ2) is 36.6. The Hall–Kier alpha value is -0.120. The molecule has 0 saturated carbocycles. The minimum Gasteiger partial charge on any atom is -0.397 e. The summed E-state index contributed by atoms with van der Waals surface area (Å²) in [5.74, 6) is 0.111. The Labute approximate surface area is 66.6 Å². The number of carbonyl (C=O) groups excluding carboxylic acids is 1. The van der Waals surface area contributed by atoms with E-state index in [-0.39, 0.29) is 19.1 Å². The van der Waals surface area contributed by atoms with Gasteiger partial charge in [0.2, 0.25) is 0 Å². The standard InChI is InChI=1S/C2H3ClO.2C2H6O/c3-1-2-4;2*1-2-3/h2H,1H2;2*3H,2H2,1H3. The molecule has 0 rings (SSSR count). The van der Waals surface area contributed by atoms with Crippen molar-refractivity contribution in [3.8, 4) is 0 Å². The van der Waals surface area contributed by atoms with E-state index in [1.807, 2.05) is 0 Å². The van der Waals surface area contributed by atoms with Crippen LogP contribution in [0.5, 0.6) is 0 Å². The molecule has 64 valence electrons. The summed E-state index contributed by atoms with van der Waals surface area (Å²) in [5.41, 5.74) is 0. The molecule has 0 fully saturated rings. The maximum atomic E-state index is 9.04. The van der Waals surface area contributed by atoms with E-state index >= 15 is 0 Å². The van der Waals surface area contributed by atoms with Crippen molar-refractivity contribution in [2.45, 2.75) is 13.8 Å². The molecule has 2 N–H and O–H groups in total. The molecule has 0 aliphatic heterocycles. The lowest BCUT2D eigenvalue weighted by Crippen LogP contribution is -1.63. The number of aldehydes is 1. The van der Waals surface area contributed by atoms with Crippen LogP contribution in [0.25, 0.3) is 0 Å². The molecule has 0 aromatic carbocycles. The van der Waals surface area contributed by atoms with Gasteiger partial charge in [0.05, 0.1) is 5.88 Å². The van der Waals surface area contributed by atoms with E-state index in [1.54, 1.807) is 13.8 Å². The van der Waals surface area contributed by atoms with Gasteiger partial charge in [0.15, 0.2) is 0 Å². The molecule has 0 saturated heterocycles. The highest BCUT2D eigenvalue weighted by molar-refractivity contribution is 6.24. The Morgan fingerprint density at radius 1 is 1.30 bits per heavy atom. The third kappa shape index (κ3) is 482. The van der Waals surface area contributed by atoms with Crippen molar-refractivity contribution in [2.75, 3.05) is 19.1 Å². The minimum atomic E-state index is 0.111. The van der Waals surface area contributed by atoms with Gasteiger partial charge < -0.3 is 15.0 Å². The van der Waals surface area contributed by atoms with Crippen molar-refractivity contribution in [2.24, 2.45) is 0 Å². The first kappa shape index (κ1) is 16.5. The first-order valence-corrected chi connectivity index (χ1v) is 3.49. The second-order valence-electron chi connectivity index (χ2n) is 0.953. The highest BCUT2D eigenvalue weighted by Gasteiger charge is 1.55. The number of hydrogen-bond acceptors (Lipinski definition) is 3. The quantitative estimate of drug-likeness (QED) is 0.443. The number of halogens is 1. The zero-order chi connectivity index (χ0) is 8.83. The first-order valence-electron chi connectivity index (χ1n) is 2.96. The average molecular weight is 171 g/mol. The normalized spacial score (nSPS) is 6.10. The molecule has 0 aromatic heterocycles. The molecule has 0 bridgehead atoms. The van der Waals surface area contributed by atoms with E-state index in [4.69, 9.17) is 26.6 Å². The van der Waals surface area contributed by atoms with Crippen LogP contribution >= 0.6 is 11.6 Å². The largest absolute Gasteiger partial charge is 0.397 e. The summed E-state index contributed by atoms with van der Waals surface area (Å²) in [6.45, 7) is 3.86. The van der Waals surface area contributed by atoms with Crippen molar-refractivity contribution in [3.05, 3.63) is 0 Å². The maximum absolute atomic E-state index is 9.04. The van der Waals surface area contributed by atoms with Gasteiger partial charge in [-0.1, -0.05) is 0 Å². The third-order valence-corrected chi connectivity index (χ3v) is 0.189. The predicted molar refractivity (Wildman–Crippen MR) is 42.3 cm³/mol. The van der Waals surface area contributed by atoms with Crippen LogP contribution in [0.3, 0.4) is 0 Å². The van der Waals surface area contributed by atoms with Crippen LogP contribution in [0.15, 0.2) is 0 Å². The minimum absolute atomic E-state index is 0.111. The van der Waals surface area contributed by atoms with Gasteiger partial charge in [0.25, 0.3) is 0 Å². The van der Waals surface area contributed by atoms with Gasteiger partial charge in [-0.25, -0.2) is 0 Å². The Balaban J connectivity index is -0.0000000750. The van der Waals surface area contributed by atoms with Gasteiger partial charge in [-0.15, -0.1) is 11.6 Å². The van der Waals surface area contributed by atoms with Gasteiger partial charge in [-0.05, 0) is 13.8 Å². The fraction of sp³-hybridized carbons (Fsp3) is 0.833. The number of hydrogen-bond donors (Lipinski definition) is 2. The SMILES string of the molecule is CCO.CCO.O=CCCl. The van der Waals surface area contributed by atoms with Gasteiger partial charge in [0, 0.05) is 13.2 Å². The van der Waals surface area contributed by atoms with Crippen LogP contribution in [-0.4, -0.2) is 35.6 Å². The van der Waals surface area contributed by atoms with E-state index in [9.17, 15) is 0 Å². The Morgan fingerprint density at radius 2 is 1.40 bits per heavy atom. The van der Waals surface area contributed by atoms with Crippen molar-refractivity contribution in [1.29, 1.82) is 0 Å². The van der Waals surface area contributed by atoms with E-state index < -0.39 is 0 Å². The average Bonchev–Trinajstić information content (AvgIpc) is 1.91. The number of aliphatic hydroxyl groups is 2. The summed E-state index contributed by atoms with van der Waals surface area (Å²) in [6, 6.07) is 0. The summed E-state index contributed by atoms with van der Waals surface area (Å²) in [4.78, 5) is 9.04. The molecular weight excluding hydrogens is 156 g/mol. The smallest absolute Gasteiger partial charge is 0.134 e. The lowest BCUT2D eigenvalue weighted by molar-refractivity contribution is -0.105. The molecule has 0 unspecified atom stereocenters. The molecule has 0 aromatic rings. The van der Waals surface area contributed by atoms with Gasteiger partial charge in [0.1, 0.15) is 6.29 Å². The van der Waals surface area contributed by atoms with Crippen molar-refractivity contribution >= 4 is 17.9 Å². The summed E-state index contributed by atoms with van der Waals surface area (Å²) < 4.78 is 0. The monoisotopic (exact) mass is 170 g/mol.